The van der Waals surface area contributed by atoms with E-state index in [1.54, 1.807) is 13.0 Å². The molecular formula is C12H14O2. The van der Waals surface area contributed by atoms with Gasteiger partial charge in [0.15, 0.2) is 0 Å². The number of carbonyl (C=O) groups excluding carboxylic acids is 1. The van der Waals surface area contributed by atoms with E-state index in [1.165, 1.54) is 0 Å². The minimum atomic E-state index is 0.0386. The molecule has 1 aromatic rings. The van der Waals surface area contributed by atoms with Gasteiger partial charge in [0.1, 0.15) is 5.78 Å². The smallest absolute Gasteiger partial charge is 0.134 e. The predicted molar refractivity (Wildman–Crippen MR) is 56.9 cm³/mol. The molecule has 0 aliphatic rings. The van der Waals surface area contributed by atoms with Crippen molar-refractivity contribution >= 4 is 11.9 Å². The highest BCUT2D eigenvalue weighted by molar-refractivity contribution is 5.78. The molecule has 0 spiro atoms. The van der Waals surface area contributed by atoms with Crippen molar-refractivity contribution in [1.82, 2.24) is 0 Å². The zero-order valence-corrected chi connectivity index (χ0v) is 8.23. The van der Waals surface area contributed by atoms with Gasteiger partial charge in [-0.1, -0.05) is 36.4 Å². The molecule has 74 valence electrons. The summed E-state index contributed by atoms with van der Waals surface area (Å²) in [6.45, 7) is 1.62. The van der Waals surface area contributed by atoms with Crippen molar-refractivity contribution in [3.05, 3.63) is 41.5 Å². The van der Waals surface area contributed by atoms with E-state index >= 15 is 0 Å². The normalized spacial score (nSPS) is 10.7. The van der Waals surface area contributed by atoms with Crippen LogP contribution in [0.3, 0.4) is 0 Å². The fourth-order valence-corrected chi connectivity index (χ4v) is 1.28. The third-order valence-electron chi connectivity index (χ3n) is 1.82. The molecule has 0 atom stereocenters. The fourth-order valence-electron chi connectivity index (χ4n) is 1.28. The van der Waals surface area contributed by atoms with Gasteiger partial charge in [-0.3, -0.25) is 4.79 Å². The Kier molecular flexibility index (Phi) is 4.08. The number of aliphatic hydroxyl groups is 1. The molecule has 0 unspecified atom stereocenters. The van der Waals surface area contributed by atoms with Crippen LogP contribution >= 0.6 is 0 Å². The second-order valence-corrected chi connectivity index (χ2v) is 3.21. The standard InChI is InChI=1S/C12H14O2/c1-10(14)8-12-5-2-4-11(9-12)6-3-7-13/h2-6,9,13H,7-8H2,1H3. The molecule has 0 bridgehead atoms. The van der Waals surface area contributed by atoms with Crippen molar-refractivity contribution in [2.45, 2.75) is 13.3 Å². The number of ketones is 1. The molecule has 0 saturated heterocycles. The van der Waals surface area contributed by atoms with E-state index in [1.807, 2.05) is 30.3 Å². The molecular weight excluding hydrogens is 176 g/mol. The van der Waals surface area contributed by atoms with Crippen LogP contribution in [0, 0.1) is 0 Å². The van der Waals surface area contributed by atoms with Gasteiger partial charge in [-0.25, -0.2) is 0 Å². The molecule has 0 aliphatic heterocycles. The molecule has 1 rings (SSSR count). The highest BCUT2D eigenvalue weighted by Crippen LogP contribution is 2.07. The first-order valence-corrected chi connectivity index (χ1v) is 4.58. The average molecular weight is 190 g/mol. The first-order chi connectivity index (χ1) is 6.72. The number of benzene rings is 1. The molecule has 1 aromatic carbocycles. The summed E-state index contributed by atoms with van der Waals surface area (Å²) in [5, 5.41) is 8.60. The third kappa shape index (κ3) is 3.54. The Labute approximate surface area is 83.9 Å². The van der Waals surface area contributed by atoms with Gasteiger partial charge in [0.2, 0.25) is 0 Å². The molecule has 2 nitrogen and oxygen atoms in total. The van der Waals surface area contributed by atoms with E-state index in [0.29, 0.717) is 6.42 Å². The topological polar surface area (TPSA) is 37.3 Å². The van der Waals surface area contributed by atoms with Gasteiger partial charge in [-0.05, 0) is 18.1 Å². The van der Waals surface area contributed by atoms with Crippen LogP contribution in [0.1, 0.15) is 18.1 Å². The molecule has 0 saturated carbocycles. The summed E-state index contributed by atoms with van der Waals surface area (Å²) < 4.78 is 0. The van der Waals surface area contributed by atoms with Gasteiger partial charge in [0, 0.05) is 6.42 Å². The Hall–Kier alpha value is -1.41. The van der Waals surface area contributed by atoms with Crippen LogP contribution in [0.4, 0.5) is 0 Å². The lowest BCUT2D eigenvalue weighted by molar-refractivity contribution is -0.116. The highest BCUT2D eigenvalue weighted by atomic mass is 16.2. The zero-order chi connectivity index (χ0) is 10.4. The molecule has 0 aliphatic carbocycles. The quantitative estimate of drug-likeness (QED) is 0.786. The van der Waals surface area contributed by atoms with Crippen molar-refractivity contribution < 1.29 is 9.90 Å². The molecule has 0 amide bonds. The zero-order valence-electron chi connectivity index (χ0n) is 8.23. The second kappa shape index (κ2) is 5.35. The molecule has 0 radical (unpaired) electrons. The summed E-state index contributed by atoms with van der Waals surface area (Å²) in [6, 6.07) is 7.73. The summed E-state index contributed by atoms with van der Waals surface area (Å²) in [5.41, 5.74) is 2.02. The van der Waals surface area contributed by atoms with Crippen molar-refractivity contribution in [3.8, 4) is 0 Å². The number of hydrogen-bond acceptors (Lipinski definition) is 2. The van der Waals surface area contributed by atoms with Crippen molar-refractivity contribution in [2.75, 3.05) is 6.61 Å². The molecule has 0 fully saturated rings. The van der Waals surface area contributed by atoms with Gasteiger partial charge in [-0.15, -0.1) is 0 Å². The Balaban J connectivity index is 2.78. The minimum absolute atomic E-state index is 0.0386. The van der Waals surface area contributed by atoms with Crippen LogP contribution in [-0.2, 0) is 11.2 Å². The van der Waals surface area contributed by atoms with E-state index in [9.17, 15) is 4.79 Å². The van der Waals surface area contributed by atoms with E-state index in [2.05, 4.69) is 0 Å². The van der Waals surface area contributed by atoms with Gasteiger partial charge in [0.25, 0.3) is 0 Å². The maximum absolute atomic E-state index is 10.9. The summed E-state index contributed by atoms with van der Waals surface area (Å²) in [7, 11) is 0. The largest absolute Gasteiger partial charge is 0.392 e. The van der Waals surface area contributed by atoms with Crippen LogP contribution in [0.15, 0.2) is 30.3 Å². The van der Waals surface area contributed by atoms with Crippen LogP contribution in [-0.4, -0.2) is 17.5 Å². The van der Waals surface area contributed by atoms with Crippen LogP contribution < -0.4 is 0 Å². The number of rotatable bonds is 4. The monoisotopic (exact) mass is 190 g/mol. The van der Waals surface area contributed by atoms with Gasteiger partial charge >= 0.3 is 0 Å². The van der Waals surface area contributed by atoms with E-state index in [-0.39, 0.29) is 12.4 Å². The first-order valence-electron chi connectivity index (χ1n) is 4.58. The number of hydrogen-bond donors (Lipinski definition) is 1. The lowest BCUT2D eigenvalue weighted by atomic mass is 10.1. The number of carbonyl (C=O) groups is 1. The summed E-state index contributed by atoms with van der Waals surface area (Å²) in [4.78, 5) is 10.9. The lowest BCUT2D eigenvalue weighted by Gasteiger charge is -1.99. The van der Waals surface area contributed by atoms with E-state index < -0.39 is 0 Å². The molecule has 14 heavy (non-hydrogen) atoms. The third-order valence-corrected chi connectivity index (χ3v) is 1.82. The Bertz CT molecular complexity index is 340. The number of aliphatic hydroxyl groups excluding tert-OH is 1. The highest BCUT2D eigenvalue weighted by Gasteiger charge is 1.97. The molecule has 0 aromatic heterocycles. The number of Topliss-reactive ketones (excluding diaryl/α,β-unsaturated/α-hetero) is 1. The summed E-state index contributed by atoms with van der Waals surface area (Å²) in [5.74, 6) is 0.160. The maximum Gasteiger partial charge on any atom is 0.134 e. The van der Waals surface area contributed by atoms with Crippen molar-refractivity contribution in [3.63, 3.8) is 0 Å². The molecule has 1 N–H and O–H groups in total. The maximum atomic E-state index is 10.9. The van der Waals surface area contributed by atoms with Crippen molar-refractivity contribution in [2.24, 2.45) is 0 Å². The lowest BCUT2D eigenvalue weighted by Crippen LogP contribution is -1.95. The Morgan fingerprint density at radius 2 is 2.29 bits per heavy atom. The van der Waals surface area contributed by atoms with Gasteiger partial charge < -0.3 is 5.11 Å². The van der Waals surface area contributed by atoms with E-state index in [4.69, 9.17) is 5.11 Å². The Morgan fingerprint density at radius 1 is 1.50 bits per heavy atom. The predicted octanol–water partition coefficient (Wildman–Crippen LogP) is 1.82. The van der Waals surface area contributed by atoms with E-state index in [0.717, 1.165) is 11.1 Å². The van der Waals surface area contributed by atoms with Crippen LogP contribution in [0.5, 0.6) is 0 Å². The second-order valence-electron chi connectivity index (χ2n) is 3.21. The van der Waals surface area contributed by atoms with Gasteiger partial charge in [0.05, 0.1) is 6.61 Å². The fraction of sp³-hybridized carbons (Fsp3) is 0.250. The Morgan fingerprint density at radius 3 is 2.93 bits per heavy atom. The van der Waals surface area contributed by atoms with Gasteiger partial charge in [-0.2, -0.15) is 0 Å². The summed E-state index contributed by atoms with van der Waals surface area (Å²) >= 11 is 0. The average Bonchev–Trinajstić information content (AvgIpc) is 2.14. The van der Waals surface area contributed by atoms with Crippen LogP contribution in [0.2, 0.25) is 0 Å². The van der Waals surface area contributed by atoms with Crippen molar-refractivity contribution in [1.29, 1.82) is 0 Å². The SMILES string of the molecule is CC(=O)Cc1cccc(C=CCO)c1. The van der Waals surface area contributed by atoms with Crippen LogP contribution in [0.25, 0.3) is 6.08 Å². The molecule has 2 heteroatoms. The summed E-state index contributed by atoms with van der Waals surface area (Å²) in [6.07, 6.45) is 3.98. The molecule has 0 heterocycles. The first kappa shape index (κ1) is 10.7. The minimum Gasteiger partial charge on any atom is -0.392 e.